The molecule has 1 heterocycles. The van der Waals surface area contributed by atoms with E-state index in [1.807, 2.05) is 13.8 Å². The molecule has 1 N–H and O–H groups in total. The molecule has 0 aliphatic heterocycles. The van der Waals surface area contributed by atoms with E-state index >= 15 is 0 Å². The van der Waals surface area contributed by atoms with Crippen molar-refractivity contribution in [3.05, 3.63) is 47.4 Å². The summed E-state index contributed by atoms with van der Waals surface area (Å²) in [6, 6.07) is 5.60. The van der Waals surface area contributed by atoms with Gasteiger partial charge in [0.05, 0.1) is 11.4 Å². The van der Waals surface area contributed by atoms with Crippen LogP contribution in [0.5, 0.6) is 0 Å². The highest BCUT2D eigenvalue weighted by atomic mass is 32.2. The van der Waals surface area contributed by atoms with Gasteiger partial charge in [-0.3, -0.25) is 13.7 Å². The number of allylic oxidation sites excluding steroid dienone is 1. The Balaban J connectivity index is 0.00000312. The molecule has 0 bridgehead atoms. The van der Waals surface area contributed by atoms with Gasteiger partial charge in [-0.15, -0.1) is 0 Å². The largest absolute Gasteiger partial charge is 0.755 e. The lowest BCUT2D eigenvalue weighted by molar-refractivity contribution is -0.104. The van der Waals surface area contributed by atoms with Crippen LogP contribution in [0, 0.1) is 5.82 Å². The van der Waals surface area contributed by atoms with E-state index in [1.54, 1.807) is 6.08 Å². The summed E-state index contributed by atoms with van der Waals surface area (Å²) in [4.78, 5) is 19.1. The van der Waals surface area contributed by atoms with Crippen LogP contribution < -0.4 is 4.72 Å². The van der Waals surface area contributed by atoms with E-state index in [0.29, 0.717) is 28.8 Å². The molecule has 0 saturated carbocycles. The minimum atomic E-state index is -2.58. The van der Waals surface area contributed by atoms with Crippen LogP contribution in [0.15, 0.2) is 30.3 Å². The number of hydrogen-bond acceptors (Lipinski definition) is 5. The van der Waals surface area contributed by atoms with Gasteiger partial charge in [-0.25, -0.2) is 14.4 Å². The van der Waals surface area contributed by atoms with Crippen LogP contribution in [0.4, 0.5) is 10.3 Å². The van der Waals surface area contributed by atoms with Crippen molar-refractivity contribution in [2.24, 2.45) is 0 Å². The molecule has 0 fully saturated rings. The molecular weight excluding hydrogens is 345 g/mol. The van der Waals surface area contributed by atoms with Crippen LogP contribution in [0.1, 0.15) is 38.4 Å². The van der Waals surface area contributed by atoms with E-state index in [1.165, 1.54) is 30.3 Å². The maximum atomic E-state index is 13.2. The van der Waals surface area contributed by atoms with Crippen molar-refractivity contribution in [1.29, 1.82) is 0 Å². The van der Waals surface area contributed by atoms with Gasteiger partial charge in [0.25, 0.3) is 0 Å². The summed E-state index contributed by atoms with van der Waals surface area (Å²) in [5, 5.41) is 0. The zero-order valence-electron chi connectivity index (χ0n) is 13.0. The highest BCUT2D eigenvalue weighted by Gasteiger charge is 2.16. The summed E-state index contributed by atoms with van der Waals surface area (Å²) >= 11 is -2.58. The van der Waals surface area contributed by atoms with Crippen LogP contribution in [0.3, 0.4) is 0 Å². The second-order valence-corrected chi connectivity index (χ2v) is 5.86. The number of halogens is 1. The van der Waals surface area contributed by atoms with Crippen molar-refractivity contribution in [2.75, 3.05) is 4.72 Å². The lowest BCUT2D eigenvalue weighted by atomic mass is 9.98. The number of benzene rings is 1. The van der Waals surface area contributed by atoms with Crippen molar-refractivity contribution in [1.82, 2.24) is 9.97 Å². The summed E-state index contributed by atoms with van der Waals surface area (Å²) in [6.07, 6.45) is 3.48. The highest BCUT2D eigenvalue weighted by molar-refractivity contribution is 7.80. The van der Waals surface area contributed by atoms with Crippen LogP contribution in [0.25, 0.3) is 17.3 Å². The SMILES string of the molecule is C.CC(C)c1nc(NS(=O)[O-])nc(-c2ccc(F)cc2)c1C=CC=O. The number of anilines is 1. The molecule has 1 unspecified atom stereocenters. The second-order valence-electron chi connectivity index (χ2n) is 5.19. The fourth-order valence-electron chi connectivity index (χ4n) is 2.17. The van der Waals surface area contributed by atoms with E-state index in [2.05, 4.69) is 14.7 Å². The van der Waals surface area contributed by atoms with Crippen molar-refractivity contribution < 1.29 is 17.9 Å². The third-order valence-electron chi connectivity index (χ3n) is 3.16. The van der Waals surface area contributed by atoms with E-state index in [4.69, 9.17) is 0 Å². The van der Waals surface area contributed by atoms with Crippen LogP contribution in [0.2, 0.25) is 0 Å². The lowest BCUT2D eigenvalue weighted by Crippen LogP contribution is -2.11. The summed E-state index contributed by atoms with van der Waals surface area (Å²) in [6.45, 7) is 3.76. The number of aldehydes is 1. The summed E-state index contributed by atoms with van der Waals surface area (Å²) in [7, 11) is 0. The van der Waals surface area contributed by atoms with Crippen molar-refractivity contribution >= 4 is 29.6 Å². The van der Waals surface area contributed by atoms with Gasteiger partial charge in [0.15, 0.2) is 0 Å². The fraction of sp³-hybridized carbons (Fsp3) is 0.235. The molecule has 0 radical (unpaired) electrons. The number of rotatable bonds is 6. The van der Waals surface area contributed by atoms with Gasteiger partial charge in [0, 0.05) is 22.4 Å². The summed E-state index contributed by atoms with van der Waals surface area (Å²) in [5.74, 6) is -0.547. The van der Waals surface area contributed by atoms with Gasteiger partial charge in [-0.05, 0) is 42.3 Å². The molecule has 0 amide bonds. The number of carbonyl (C=O) groups is 1. The van der Waals surface area contributed by atoms with E-state index in [9.17, 15) is 17.9 Å². The minimum Gasteiger partial charge on any atom is -0.755 e. The number of carbonyl (C=O) groups excluding carboxylic acids is 1. The van der Waals surface area contributed by atoms with Crippen molar-refractivity contribution in [2.45, 2.75) is 27.2 Å². The Bertz CT molecular complexity index is 792. The fourth-order valence-corrected chi connectivity index (χ4v) is 2.42. The van der Waals surface area contributed by atoms with Crippen LogP contribution in [-0.4, -0.2) is 25.0 Å². The molecule has 134 valence electrons. The third-order valence-corrected chi connectivity index (χ3v) is 3.50. The highest BCUT2D eigenvalue weighted by Crippen LogP contribution is 2.30. The van der Waals surface area contributed by atoms with E-state index < -0.39 is 17.1 Å². The molecule has 0 aliphatic carbocycles. The normalized spacial score (nSPS) is 12.0. The Morgan fingerprint density at radius 3 is 2.40 bits per heavy atom. The van der Waals surface area contributed by atoms with Crippen molar-refractivity contribution in [3.8, 4) is 11.3 Å². The molecule has 8 heteroatoms. The summed E-state index contributed by atoms with van der Waals surface area (Å²) < 4.78 is 37.1. The maximum absolute atomic E-state index is 13.2. The predicted octanol–water partition coefficient (Wildman–Crippen LogP) is 3.46. The quantitative estimate of drug-likeness (QED) is 0.481. The van der Waals surface area contributed by atoms with Crippen molar-refractivity contribution in [3.63, 3.8) is 0 Å². The first-order valence-corrected chi connectivity index (χ1v) is 8.15. The Morgan fingerprint density at radius 1 is 1.24 bits per heavy atom. The molecule has 1 aromatic carbocycles. The number of nitrogens with one attached hydrogen (secondary N) is 1. The van der Waals surface area contributed by atoms with Gasteiger partial charge < -0.3 is 4.55 Å². The molecule has 6 nitrogen and oxygen atoms in total. The molecular formula is C17H19FN3O3S-. The molecule has 25 heavy (non-hydrogen) atoms. The molecule has 1 aromatic heterocycles. The number of aromatic nitrogens is 2. The third kappa shape index (κ3) is 5.27. The van der Waals surface area contributed by atoms with Gasteiger partial charge >= 0.3 is 0 Å². The monoisotopic (exact) mass is 364 g/mol. The number of nitrogens with zero attached hydrogens (tertiary/aromatic N) is 2. The van der Waals surface area contributed by atoms with Crippen LogP contribution in [-0.2, 0) is 16.1 Å². The van der Waals surface area contributed by atoms with E-state index in [-0.39, 0.29) is 19.3 Å². The second kappa shape index (κ2) is 9.14. The van der Waals surface area contributed by atoms with Gasteiger partial charge in [0.2, 0.25) is 5.95 Å². The average Bonchev–Trinajstić information content (AvgIpc) is 2.53. The smallest absolute Gasteiger partial charge is 0.234 e. The Hall–Kier alpha value is -2.45. The average molecular weight is 364 g/mol. The molecule has 0 saturated heterocycles. The van der Waals surface area contributed by atoms with Gasteiger partial charge in [0.1, 0.15) is 12.1 Å². The van der Waals surface area contributed by atoms with Gasteiger partial charge in [-0.1, -0.05) is 21.3 Å². The standard InChI is InChI=1S/C16H16FN3O3S.CH4/c1-10(2)14-13(4-3-9-21)15(11-5-7-12(17)8-6-11)19-16(18-14)20-24(22)23;/h3-10H,1-2H3,(H,22,23)(H,18,19,20);1H4/p-1. The lowest BCUT2D eigenvalue weighted by Gasteiger charge is -2.16. The van der Waals surface area contributed by atoms with Crippen LogP contribution >= 0.6 is 0 Å². The molecule has 0 spiro atoms. The first-order valence-electron chi connectivity index (χ1n) is 7.08. The predicted molar refractivity (Wildman–Crippen MR) is 95.9 cm³/mol. The topological polar surface area (TPSA) is 95.0 Å². The number of hydrogen-bond donors (Lipinski definition) is 1. The minimum absolute atomic E-state index is 0. The molecule has 1 atom stereocenters. The Kier molecular flexibility index (Phi) is 7.53. The van der Waals surface area contributed by atoms with E-state index in [0.717, 1.165) is 0 Å². The zero-order chi connectivity index (χ0) is 17.7. The molecule has 0 aliphatic rings. The maximum Gasteiger partial charge on any atom is 0.234 e. The molecule has 2 rings (SSSR count). The molecule has 2 aromatic rings. The zero-order valence-corrected chi connectivity index (χ0v) is 13.8. The Labute approximate surface area is 148 Å². The first kappa shape index (κ1) is 20.6. The first-order chi connectivity index (χ1) is 11.4. The Morgan fingerprint density at radius 2 is 1.88 bits per heavy atom. The summed E-state index contributed by atoms with van der Waals surface area (Å²) in [5.41, 5.74) is 2.12. The van der Waals surface area contributed by atoms with Gasteiger partial charge in [-0.2, -0.15) is 0 Å².